The number of thioether (sulfide) groups is 1. The smallest absolute Gasteiger partial charge is 0.172 e. The van der Waals surface area contributed by atoms with Gasteiger partial charge in [-0.3, -0.25) is 4.79 Å². The summed E-state index contributed by atoms with van der Waals surface area (Å²) in [7, 11) is 0. The third-order valence-electron chi connectivity index (χ3n) is 1.99. The molecule has 2 heteroatoms. The lowest BCUT2D eigenvalue weighted by molar-refractivity contribution is 0.102. The average Bonchev–Trinajstić information content (AvgIpc) is 2.15. The lowest BCUT2D eigenvalue weighted by Crippen LogP contribution is -2.06. The van der Waals surface area contributed by atoms with Gasteiger partial charge in [-0.2, -0.15) is 11.8 Å². The topological polar surface area (TPSA) is 17.1 Å². The van der Waals surface area contributed by atoms with Crippen molar-refractivity contribution < 1.29 is 4.79 Å². The van der Waals surface area contributed by atoms with Crippen molar-refractivity contribution in [3.8, 4) is 0 Å². The SMILES string of the molecule is Cc1ccccc1C(=O)CSC(C)C. The standard InChI is InChI=1S/C12H16OS/c1-9(2)14-8-12(13)11-7-5-4-6-10(11)3/h4-7,9H,8H2,1-3H3. The van der Waals surface area contributed by atoms with Crippen molar-refractivity contribution in [3.63, 3.8) is 0 Å². The van der Waals surface area contributed by atoms with Crippen LogP contribution in [0.4, 0.5) is 0 Å². The number of carbonyl (C=O) groups excluding carboxylic acids is 1. The monoisotopic (exact) mass is 208 g/mol. The van der Waals surface area contributed by atoms with Gasteiger partial charge in [-0.15, -0.1) is 0 Å². The molecule has 0 bridgehead atoms. The number of Topliss-reactive ketones (excluding diaryl/α,β-unsaturated/α-hetero) is 1. The highest BCUT2D eigenvalue weighted by Crippen LogP contribution is 2.14. The van der Waals surface area contributed by atoms with E-state index < -0.39 is 0 Å². The highest BCUT2D eigenvalue weighted by Gasteiger charge is 2.08. The van der Waals surface area contributed by atoms with Gasteiger partial charge in [0, 0.05) is 5.56 Å². The van der Waals surface area contributed by atoms with Gasteiger partial charge in [0.25, 0.3) is 0 Å². The number of hydrogen-bond acceptors (Lipinski definition) is 2. The molecule has 1 aromatic rings. The molecule has 0 heterocycles. The summed E-state index contributed by atoms with van der Waals surface area (Å²) in [5.74, 6) is 0.824. The van der Waals surface area contributed by atoms with Crippen molar-refractivity contribution in [2.45, 2.75) is 26.0 Å². The molecule has 76 valence electrons. The Bertz CT molecular complexity index is 318. The summed E-state index contributed by atoms with van der Waals surface area (Å²) in [6.07, 6.45) is 0. The Hall–Kier alpha value is -0.760. The number of carbonyl (C=O) groups is 1. The van der Waals surface area contributed by atoms with E-state index in [0.717, 1.165) is 11.1 Å². The first-order chi connectivity index (χ1) is 6.61. The number of hydrogen-bond donors (Lipinski definition) is 0. The van der Waals surface area contributed by atoms with Crippen LogP contribution in [0.3, 0.4) is 0 Å². The Morgan fingerprint density at radius 1 is 1.36 bits per heavy atom. The Labute approximate surface area is 89.9 Å². The van der Waals surface area contributed by atoms with Crippen molar-refractivity contribution in [3.05, 3.63) is 35.4 Å². The fourth-order valence-electron chi connectivity index (χ4n) is 1.21. The van der Waals surface area contributed by atoms with E-state index in [1.807, 2.05) is 31.2 Å². The molecule has 0 atom stereocenters. The number of rotatable bonds is 4. The van der Waals surface area contributed by atoms with Crippen molar-refractivity contribution in [2.75, 3.05) is 5.75 Å². The quantitative estimate of drug-likeness (QED) is 0.706. The highest BCUT2D eigenvalue weighted by molar-refractivity contribution is 8.00. The van der Waals surface area contributed by atoms with Gasteiger partial charge in [-0.1, -0.05) is 38.1 Å². The molecule has 1 nitrogen and oxygen atoms in total. The lowest BCUT2D eigenvalue weighted by atomic mass is 10.1. The molecule has 0 saturated carbocycles. The molecule has 0 aliphatic rings. The fraction of sp³-hybridized carbons (Fsp3) is 0.417. The van der Waals surface area contributed by atoms with E-state index >= 15 is 0 Å². The minimum absolute atomic E-state index is 0.238. The molecule has 0 fully saturated rings. The normalized spacial score (nSPS) is 10.6. The second kappa shape index (κ2) is 5.20. The van der Waals surface area contributed by atoms with Gasteiger partial charge in [0.05, 0.1) is 5.75 Å². The van der Waals surface area contributed by atoms with Crippen LogP contribution in [0.2, 0.25) is 0 Å². The third-order valence-corrected chi connectivity index (χ3v) is 3.09. The zero-order chi connectivity index (χ0) is 10.6. The molecule has 0 radical (unpaired) electrons. The van der Waals surface area contributed by atoms with Gasteiger partial charge in [-0.05, 0) is 17.7 Å². The lowest BCUT2D eigenvalue weighted by Gasteiger charge is -2.06. The van der Waals surface area contributed by atoms with Crippen LogP contribution in [0.25, 0.3) is 0 Å². The van der Waals surface area contributed by atoms with Gasteiger partial charge in [0.1, 0.15) is 0 Å². The van der Waals surface area contributed by atoms with E-state index in [1.54, 1.807) is 11.8 Å². The maximum atomic E-state index is 11.7. The van der Waals surface area contributed by atoms with Crippen LogP contribution in [0.5, 0.6) is 0 Å². The number of aryl methyl sites for hydroxylation is 1. The first-order valence-corrected chi connectivity index (χ1v) is 5.86. The van der Waals surface area contributed by atoms with Crippen LogP contribution in [-0.2, 0) is 0 Å². The zero-order valence-corrected chi connectivity index (χ0v) is 9.73. The molecule has 0 saturated heterocycles. The summed E-state index contributed by atoms with van der Waals surface area (Å²) in [6, 6.07) is 7.76. The molecule has 0 unspecified atom stereocenters. The van der Waals surface area contributed by atoms with Crippen molar-refractivity contribution in [1.29, 1.82) is 0 Å². The summed E-state index contributed by atoms with van der Waals surface area (Å²) >= 11 is 1.69. The third kappa shape index (κ3) is 3.18. The van der Waals surface area contributed by atoms with Crippen molar-refractivity contribution >= 4 is 17.5 Å². The van der Waals surface area contributed by atoms with Crippen LogP contribution < -0.4 is 0 Å². The van der Waals surface area contributed by atoms with E-state index in [2.05, 4.69) is 13.8 Å². The number of benzene rings is 1. The molecule has 0 aliphatic carbocycles. The minimum Gasteiger partial charge on any atom is -0.293 e. The van der Waals surface area contributed by atoms with Gasteiger partial charge < -0.3 is 0 Å². The molecule has 1 aromatic carbocycles. The summed E-state index contributed by atoms with van der Waals surface area (Å²) in [5.41, 5.74) is 1.93. The molecule has 0 aliphatic heterocycles. The first kappa shape index (κ1) is 11.3. The van der Waals surface area contributed by atoms with Crippen molar-refractivity contribution in [2.24, 2.45) is 0 Å². The molecular weight excluding hydrogens is 192 g/mol. The van der Waals surface area contributed by atoms with E-state index in [0.29, 0.717) is 11.0 Å². The summed E-state index contributed by atoms with van der Waals surface area (Å²) < 4.78 is 0. The van der Waals surface area contributed by atoms with Crippen LogP contribution in [0.1, 0.15) is 29.8 Å². The predicted molar refractivity (Wildman–Crippen MR) is 63.1 cm³/mol. The van der Waals surface area contributed by atoms with E-state index in [9.17, 15) is 4.79 Å². The molecular formula is C12H16OS. The van der Waals surface area contributed by atoms with Gasteiger partial charge in [-0.25, -0.2) is 0 Å². The summed E-state index contributed by atoms with van der Waals surface area (Å²) in [6.45, 7) is 6.19. The molecule has 0 N–H and O–H groups in total. The van der Waals surface area contributed by atoms with E-state index in [4.69, 9.17) is 0 Å². The van der Waals surface area contributed by atoms with Gasteiger partial charge in [0.2, 0.25) is 0 Å². The van der Waals surface area contributed by atoms with Crippen LogP contribution in [0, 0.1) is 6.92 Å². The predicted octanol–water partition coefficient (Wildman–Crippen LogP) is 3.32. The van der Waals surface area contributed by atoms with E-state index in [1.165, 1.54) is 0 Å². The Morgan fingerprint density at radius 3 is 2.57 bits per heavy atom. The first-order valence-electron chi connectivity index (χ1n) is 4.81. The summed E-state index contributed by atoms with van der Waals surface area (Å²) in [5, 5.41) is 0.517. The van der Waals surface area contributed by atoms with E-state index in [-0.39, 0.29) is 5.78 Å². The van der Waals surface area contributed by atoms with Gasteiger partial charge in [0.15, 0.2) is 5.78 Å². The molecule has 0 spiro atoms. The van der Waals surface area contributed by atoms with Crippen LogP contribution >= 0.6 is 11.8 Å². The Balaban J connectivity index is 2.65. The van der Waals surface area contributed by atoms with Crippen LogP contribution in [-0.4, -0.2) is 16.8 Å². The average molecular weight is 208 g/mol. The highest BCUT2D eigenvalue weighted by atomic mass is 32.2. The minimum atomic E-state index is 0.238. The fourth-order valence-corrected chi connectivity index (χ4v) is 1.85. The Kier molecular flexibility index (Phi) is 4.21. The molecule has 1 rings (SSSR count). The second-order valence-corrected chi connectivity index (χ2v) is 5.16. The number of ketones is 1. The zero-order valence-electron chi connectivity index (χ0n) is 8.91. The maximum Gasteiger partial charge on any atom is 0.172 e. The Morgan fingerprint density at radius 2 is 2.00 bits per heavy atom. The molecule has 0 aromatic heterocycles. The largest absolute Gasteiger partial charge is 0.293 e. The molecule has 0 amide bonds. The van der Waals surface area contributed by atoms with Crippen LogP contribution in [0.15, 0.2) is 24.3 Å². The summed E-state index contributed by atoms with van der Waals surface area (Å²) in [4.78, 5) is 11.7. The van der Waals surface area contributed by atoms with Crippen molar-refractivity contribution in [1.82, 2.24) is 0 Å². The van der Waals surface area contributed by atoms with Gasteiger partial charge >= 0.3 is 0 Å². The second-order valence-electron chi connectivity index (χ2n) is 3.60. The molecule has 14 heavy (non-hydrogen) atoms. The maximum absolute atomic E-state index is 11.7.